The molecular formula is C14H18IN3. The van der Waals surface area contributed by atoms with Crippen molar-refractivity contribution in [2.75, 3.05) is 6.54 Å². The molecule has 3 nitrogen and oxygen atoms in total. The fourth-order valence-corrected chi connectivity index (χ4v) is 2.24. The van der Waals surface area contributed by atoms with Gasteiger partial charge in [-0.25, -0.2) is 4.98 Å². The number of rotatable bonds is 6. The molecule has 0 atom stereocenters. The van der Waals surface area contributed by atoms with Gasteiger partial charge in [0.25, 0.3) is 0 Å². The van der Waals surface area contributed by atoms with Gasteiger partial charge in [-0.15, -0.1) is 0 Å². The van der Waals surface area contributed by atoms with E-state index in [0.29, 0.717) is 0 Å². The number of aromatic nitrogens is 2. The van der Waals surface area contributed by atoms with Gasteiger partial charge in [0, 0.05) is 9.99 Å². The molecule has 0 saturated heterocycles. The van der Waals surface area contributed by atoms with Crippen LogP contribution in [-0.2, 0) is 6.42 Å². The van der Waals surface area contributed by atoms with Crippen LogP contribution in [-0.4, -0.2) is 16.5 Å². The normalized spacial score (nSPS) is 10.8. The van der Waals surface area contributed by atoms with E-state index < -0.39 is 0 Å². The second-order valence-electron chi connectivity index (χ2n) is 4.35. The van der Waals surface area contributed by atoms with E-state index in [4.69, 9.17) is 5.73 Å². The summed E-state index contributed by atoms with van der Waals surface area (Å²) < 4.78 is 1.25. The third-order valence-corrected chi connectivity index (χ3v) is 3.62. The van der Waals surface area contributed by atoms with Gasteiger partial charge in [0.05, 0.1) is 11.9 Å². The first-order valence-corrected chi connectivity index (χ1v) is 7.37. The average Bonchev–Trinajstić information content (AvgIpc) is 2.84. The number of H-pyrrole nitrogens is 1. The van der Waals surface area contributed by atoms with E-state index in [1.165, 1.54) is 15.6 Å². The molecule has 0 spiro atoms. The summed E-state index contributed by atoms with van der Waals surface area (Å²) in [5.74, 6) is 1.07. The van der Waals surface area contributed by atoms with Crippen LogP contribution in [0.4, 0.5) is 0 Å². The summed E-state index contributed by atoms with van der Waals surface area (Å²) in [6.07, 6.45) is 6.35. The van der Waals surface area contributed by atoms with Crippen molar-refractivity contribution in [1.82, 2.24) is 9.97 Å². The Morgan fingerprint density at radius 1 is 1.11 bits per heavy atom. The quantitative estimate of drug-likeness (QED) is 0.617. The predicted molar refractivity (Wildman–Crippen MR) is 83.4 cm³/mol. The van der Waals surface area contributed by atoms with Gasteiger partial charge in [-0.2, -0.15) is 0 Å². The molecule has 1 aromatic carbocycles. The largest absolute Gasteiger partial charge is 0.342 e. The summed E-state index contributed by atoms with van der Waals surface area (Å²) in [5.41, 5.74) is 7.76. The number of hydrogen-bond acceptors (Lipinski definition) is 2. The molecule has 0 fully saturated rings. The Labute approximate surface area is 121 Å². The molecule has 2 rings (SSSR count). The number of benzene rings is 1. The zero-order chi connectivity index (χ0) is 12.8. The van der Waals surface area contributed by atoms with Crippen LogP contribution in [0.3, 0.4) is 0 Å². The Hall–Kier alpha value is -0.880. The Morgan fingerprint density at radius 2 is 1.89 bits per heavy atom. The van der Waals surface area contributed by atoms with E-state index in [9.17, 15) is 0 Å². The van der Waals surface area contributed by atoms with Crippen molar-refractivity contribution in [2.24, 2.45) is 5.73 Å². The van der Waals surface area contributed by atoms with E-state index in [2.05, 4.69) is 56.8 Å². The van der Waals surface area contributed by atoms with E-state index in [-0.39, 0.29) is 0 Å². The van der Waals surface area contributed by atoms with Crippen molar-refractivity contribution in [3.05, 3.63) is 39.9 Å². The van der Waals surface area contributed by atoms with Crippen LogP contribution in [0, 0.1) is 3.57 Å². The molecule has 96 valence electrons. The standard InChI is InChI=1S/C14H18IN3/c15-12-7-5-11(6-8-12)13-10-17-14(18-13)4-2-1-3-9-16/h5-8,10H,1-4,9,16H2,(H,17,18). The maximum absolute atomic E-state index is 5.48. The number of nitrogens with zero attached hydrogens (tertiary/aromatic N) is 1. The second-order valence-corrected chi connectivity index (χ2v) is 5.60. The summed E-state index contributed by atoms with van der Waals surface area (Å²) in [4.78, 5) is 7.80. The fourth-order valence-electron chi connectivity index (χ4n) is 1.88. The van der Waals surface area contributed by atoms with Crippen LogP contribution < -0.4 is 5.73 Å². The van der Waals surface area contributed by atoms with Gasteiger partial charge >= 0.3 is 0 Å². The molecule has 0 aliphatic carbocycles. The van der Waals surface area contributed by atoms with Crippen LogP contribution in [0.2, 0.25) is 0 Å². The number of aryl methyl sites for hydroxylation is 1. The summed E-state index contributed by atoms with van der Waals surface area (Å²) >= 11 is 2.31. The SMILES string of the molecule is NCCCCCc1ncc(-c2ccc(I)cc2)[nH]1. The number of unbranched alkanes of at least 4 members (excludes halogenated alkanes) is 2. The molecule has 0 aliphatic heterocycles. The second kappa shape index (κ2) is 6.89. The van der Waals surface area contributed by atoms with E-state index >= 15 is 0 Å². The van der Waals surface area contributed by atoms with Gasteiger partial charge in [0.1, 0.15) is 5.82 Å². The monoisotopic (exact) mass is 355 g/mol. The molecule has 1 aromatic heterocycles. The molecule has 4 heteroatoms. The highest BCUT2D eigenvalue weighted by Crippen LogP contribution is 2.18. The number of aromatic amines is 1. The first kappa shape index (κ1) is 13.5. The minimum Gasteiger partial charge on any atom is -0.342 e. The lowest BCUT2D eigenvalue weighted by molar-refractivity contribution is 0.673. The highest BCUT2D eigenvalue weighted by atomic mass is 127. The van der Waals surface area contributed by atoms with Crippen molar-refractivity contribution in [2.45, 2.75) is 25.7 Å². The lowest BCUT2D eigenvalue weighted by atomic mass is 10.2. The molecule has 3 N–H and O–H groups in total. The summed E-state index contributed by atoms with van der Waals surface area (Å²) in [6, 6.07) is 8.45. The van der Waals surface area contributed by atoms with E-state index in [1.807, 2.05) is 6.20 Å². The van der Waals surface area contributed by atoms with Gasteiger partial charge in [-0.05, 0) is 59.7 Å². The van der Waals surface area contributed by atoms with Crippen molar-refractivity contribution in [3.8, 4) is 11.3 Å². The van der Waals surface area contributed by atoms with Crippen molar-refractivity contribution >= 4 is 22.6 Å². The van der Waals surface area contributed by atoms with Gasteiger partial charge in [-0.1, -0.05) is 18.6 Å². The zero-order valence-corrected chi connectivity index (χ0v) is 12.5. The molecule has 0 radical (unpaired) electrons. The van der Waals surface area contributed by atoms with Crippen LogP contribution in [0.5, 0.6) is 0 Å². The minimum absolute atomic E-state index is 0.784. The van der Waals surface area contributed by atoms with Crippen molar-refractivity contribution in [1.29, 1.82) is 0 Å². The summed E-state index contributed by atoms with van der Waals surface area (Å²) in [6.45, 7) is 0.784. The zero-order valence-electron chi connectivity index (χ0n) is 10.3. The summed E-state index contributed by atoms with van der Waals surface area (Å²) in [7, 11) is 0. The van der Waals surface area contributed by atoms with Crippen molar-refractivity contribution < 1.29 is 0 Å². The highest BCUT2D eigenvalue weighted by Gasteiger charge is 2.03. The molecule has 0 saturated carbocycles. The highest BCUT2D eigenvalue weighted by molar-refractivity contribution is 14.1. The van der Waals surface area contributed by atoms with Gasteiger partial charge in [0.15, 0.2) is 0 Å². The number of nitrogens with two attached hydrogens (primary N) is 1. The lowest BCUT2D eigenvalue weighted by Crippen LogP contribution is -1.98. The number of imidazole rings is 1. The minimum atomic E-state index is 0.784. The molecule has 1 heterocycles. The number of hydrogen-bond donors (Lipinski definition) is 2. The molecule has 0 amide bonds. The third-order valence-electron chi connectivity index (χ3n) is 2.90. The predicted octanol–water partition coefficient (Wildman–Crippen LogP) is 3.35. The van der Waals surface area contributed by atoms with Crippen molar-refractivity contribution in [3.63, 3.8) is 0 Å². The lowest BCUT2D eigenvalue weighted by Gasteiger charge is -1.98. The van der Waals surface area contributed by atoms with Crippen LogP contribution in [0.1, 0.15) is 25.1 Å². The molecule has 18 heavy (non-hydrogen) atoms. The van der Waals surface area contributed by atoms with Crippen LogP contribution in [0.25, 0.3) is 11.3 Å². The molecule has 0 unspecified atom stereocenters. The molecular weight excluding hydrogens is 337 g/mol. The third kappa shape index (κ3) is 3.81. The Morgan fingerprint density at radius 3 is 2.61 bits per heavy atom. The first-order valence-electron chi connectivity index (χ1n) is 6.29. The molecule has 2 aromatic rings. The molecule has 0 bridgehead atoms. The Kier molecular flexibility index (Phi) is 5.19. The Bertz CT molecular complexity index is 476. The topological polar surface area (TPSA) is 54.7 Å². The average molecular weight is 355 g/mol. The van der Waals surface area contributed by atoms with Gasteiger partial charge in [0.2, 0.25) is 0 Å². The number of nitrogens with one attached hydrogen (secondary N) is 1. The van der Waals surface area contributed by atoms with E-state index in [1.54, 1.807) is 0 Å². The van der Waals surface area contributed by atoms with Crippen LogP contribution >= 0.6 is 22.6 Å². The fraction of sp³-hybridized carbons (Fsp3) is 0.357. The summed E-state index contributed by atoms with van der Waals surface area (Å²) in [5, 5.41) is 0. The van der Waals surface area contributed by atoms with E-state index in [0.717, 1.165) is 37.3 Å². The number of halogens is 1. The molecule has 0 aliphatic rings. The van der Waals surface area contributed by atoms with Gasteiger partial charge < -0.3 is 10.7 Å². The van der Waals surface area contributed by atoms with Crippen LogP contribution in [0.15, 0.2) is 30.5 Å². The first-order chi connectivity index (χ1) is 8.79. The van der Waals surface area contributed by atoms with Gasteiger partial charge in [-0.3, -0.25) is 0 Å². The smallest absolute Gasteiger partial charge is 0.106 e. The maximum atomic E-state index is 5.48. The maximum Gasteiger partial charge on any atom is 0.106 e. The Balaban J connectivity index is 1.95.